The van der Waals surface area contributed by atoms with Gasteiger partial charge in [0.15, 0.2) is 5.75 Å². The Morgan fingerprint density at radius 1 is 1.38 bits per heavy atom. The van der Waals surface area contributed by atoms with E-state index in [1.807, 2.05) is 20.8 Å². The van der Waals surface area contributed by atoms with Gasteiger partial charge in [-0.15, -0.1) is 0 Å². The van der Waals surface area contributed by atoms with Crippen LogP contribution in [0.5, 0.6) is 5.75 Å². The van der Waals surface area contributed by atoms with Crippen LogP contribution in [0.3, 0.4) is 0 Å². The van der Waals surface area contributed by atoms with Crippen molar-refractivity contribution in [1.29, 1.82) is 0 Å². The highest BCUT2D eigenvalue weighted by molar-refractivity contribution is 6.28. The Hall–Kier alpha value is -0.830. The molecule has 0 N–H and O–H groups in total. The molecule has 0 bridgehead atoms. The van der Waals surface area contributed by atoms with Crippen molar-refractivity contribution in [1.82, 2.24) is 9.97 Å². The van der Waals surface area contributed by atoms with Crippen LogP contribution in [0.25, 0.3) is 0 Å². The van der Waals surface area contributed by atoms with Gasteiger partial charge in [-0.2, -0.15) is 0 Å². The molecule has 0 amide bonds. The number of methoxy groups -OCH3 is 1. The molecule has 0 saturated carbocycles. The van der Waals surface area contributed by atoms with E-state index in [0.717, 1.165) is 5.69 Å². The van der Waals surface area contributed by atoms with Gasteiger partial charge in [0.1, 0.15) is 0 Å². The van der Waals surface area contributed by atoms with Gasteiger partial charge in [0.25, 0.3) is 0 Å². The largest absolute Gasteiger partial charge is 0.493 e. The molecule has 72 valence electrons. The van der Waals surface area contributed by atoms with Crippen LogP contribution in [0.4, 0.5) is 0 Å². The van der Waals surface area contributed by atoms with E-state index in [9.17, 15) is 0 Å². The summed E-state index contributed by atoms with van der Waals surface area (Å²) < 4.78 is 5.14. The lowest BCUT2D eigenvalue weighted by Gasteiger charge is -2.19. The van der Waals surface area contributed by atoms with E-state index in [0.29, 0.717) is 5.75 Å². The molecule has 1 rings (SSSR count). The van der Waals surface area contributed by atoms with Crippen molar-refractivity contribution < 1.29 is 4.74 Å². The number of aromatic nitrogens is 2. The maximum absolute atomic E-state index is 5.70. The van der Waals surface area contributed by atoms with Crippen molar-refractivity contribution in [3.05, 3.63) is 17.2 Å². The second-order valence-corrected chi connectivity index (χ2v) is 4.14. The predicted octanol–water partition coefficient (Wildman–Crippen LogP) is 2.44. The van der Waals surface area contributed by atoms with Gasteiger partial charge in [0.05, 0.1) is 19.0 Å². The number of rotatable bonds is 1. The molecule has 1 heterocycles. The Labute approximate surface area is 83.1 Å². The van der Waals surface area contributed by atoms with Crippen LogP contribution in [0.15, 0.2) is 6.20 Å². The zero-order valence-corrected chi connectivity index (χ0v) is 9.01. The van der Waals surface area contributed by atoms with Gasteiger partial charge in [-0.3, -0.25) is 0 Å². The molecule has 0 aliphatic carbocycles. The minimum Gasteiger partial charge on any atom is -0.493 e. The summed E-state index contributed by atoms with van der Waals surface area (Å²) in [5, 5.41) is 0.255. The molecular formula is C9H13ClN2O. The van der Waals surface area contributed by atoms with E-state index in [1.54, 1.807) is 13.3 Å². The summed E-state index contributed by atoms with van der Waals surface area (Å²) in [5.41, 5.74) is 0.743. The summed E-state index contributed by atoms with van der Waals surface area (Å²) in [7, 11) is 1.60. The van der Waals surface area contributed by atoms with Crippen molar-refractivity contribution in [2.24, 2.45) is 0 Å². The molecule has 0 saturated heterocycles. The summed E-state index contributed by atoms with van der Waals surface area (Å²) >= 11 is 5.70. The molecule has 0 radical (unpaired) electrons. The number of nitrogens with zero attached hydrogens (tertiary/aromatic N) is 2. The molecule has 0 aromatic carbocycles. The van der Waals surface area contributed by atoms with Crippen molar-refractivity contribution in [2.75, 3.05) is 7.11 Å². The van der Waals surface area contributed by atoms with E-state index in [2.05, 4.69) is 9.97 Å². The van der Waals surface area contributed by atoms with Gasteiger partial charge >= 0.3 is 0 Å². The fourth-order valence-electron chi connectivity index (χ4n) is 1.04. The van der Waals surface area contributed by atoms with Gasteiger partial charge in [-0.25, -0.2) is 9.97 Å². The third-order valence-electron chi connectivity index (χ3n) is 1.66. The fraction of sp³-hybridized carbons (Fsp3) is 0.556. The normalized spacial score (nSPS) is 11.5. The average molecular weight is 201 g/mol. The average Bonchev–Trinajstić information content (AvgIpc) is 2.03. The van der Waals surface area contributed by atoms with E-state index >= 15 is 0 Å². The zero-order valence-electron chi connectivity index (χ0n) is 8.26. The van der Waals surface area contributed by atoms with E-state index < -0.39 is 0 Å². The first-order chi connectivity index (χ1) is 5.95. The Morgan fingerprint density at radius 3 is 2.46 bits per heavy atom. The minimum absolute atomic E-state index is 0.0854. The SMILES string of the molecule is COc1cnc(Cl)nc1C(C)(C)C. The molecular weight excluding hydrogens is 188 g/mol. The maximum Gasteiger partial charge on any atom is 0.222 e. The molecule has 0 fully saturated rings. The number of hydrogen-bond acceptors (Lipinski definition) is 3. The third kappa shape index (κ3) is 2.31. The molecule has 4 heteroatoms. The quantitative estimate of drug-likeness (QED) is 0.654. The molecule has 0 aliphatic rings. The van der Waals surface area contributed by atoms with Crippen LogP contribution in [-0.4, -0.2) is 17.1 Å². The summed E-state index contributed by atoms with van der Waals surface area (Å²) in [6, 6.07) is 0. The van der Waals surface area contributed by atoms with Crippen LogP contribution >= 0.6 is 11.6 Å². The number of halogens is 1. The van der Waals surface area contributed by atoms with E-state index in [1.165, 1.54) is 0 Å². The van der Waals surface area contributed by atoms with Crippen LogP contribution < -0.4 is 4.74 Å². The van der Waals surface area contributed by atoms with Crippen LogP contribution in [0.2, 0.25) is 5.28 Å². The van der Waals surface area contributed by atoms with Gasteiger partial charge in [-0.1, -0.05) is 20.8 Å². The molecule has 0 spiro atoms. The van der Waals surface area contributed by atoms with Crippen LogP contribution in [-0.2, 0) is 5.41 Å². The first kappa shape index (κ1) is 10.3. The van der Waals surface area contributed by atoms with Gasteiger partial charge in [0.2, 0.25) is 5.28 Å². The molecule has 13 heavy (non-hydrogen) atoms. The first-order valence-corrected chi connectivity index (χ1v) is 4.40. The highest BCUT2D eigenvalue weighted by Gasteiger charge is 2.21. The van der Waals surface area contributed by atoms with Crippen molar-refractivity contribution in [3.8, 4) is 5.75 Å². The molecule has 0 unspecified atom stereocenters. The Bertz CT molecular complexity index is 307. The monoisotopic (exact) mass is 200 g/mol. The number of ether oxygens (including phenoxy) is 1. The molecule has 1 aromatic heterocycles. The third-order valence-corrected chi connectivity index (χ3v) is 1.84. The molecule has 3 nitrogen and oxygen atoms in total. The fourth-order valence-corrected chi connectivity index (χ4v) is 1.17. The Morgan fingerprint density at radius 2 is 2.00 bits per heavy atom. The lowest BCUT2D eigenvalue weighted by molar-refractivity contribution is 0.389. The Kier molecular flexibility index (Phi) is 2.76. The molecule has 0 atom stereocenters. The summed E-state index contributed by atoms with van der Waals surface area (Å²) in [6.45, 7) is 6.15. The summed E-state index contributed by atoms with van der Waals surface area (Å²) in [4.78, 5) is 8.00. The second-order valence-electron chi connectivity index (χ2n) is 3.81. The first-order valence-electron chi connectivity index (χ1n) is 4.02. The standard InChI is InChI=1S/C9H13ClN2O/c1-9(2,3)7-6(13-4)5-11-8(10)12-7/h5H,1-4H3. The lowest BCUT2D eigenvalue weighted by atomic mass is 9.91. The van der Waals surface area contributed by atoms with Crippen LogP contribution in [0, 0.1) is 0 Å². The molecule has 1 aromatic rings. The highest BCUT2D eigenvalue weighted by Crippen LogP contribution is 2.29. The Balaban J connectivity index is 3.24. The maximum atomic E-state index is 5.70. The molecule has 0 aliphatic heterocycles. The van der Waals surface area contributed by atoms with Gasteiger partial charge in [0, 0.05) is 5.41 Å². The lowest BCUT2D eigenvalue weighted by Crippen LogP contribution is -2.15. The smallest absolute Gasteiger partial charge is 0.222 e. The van der Waals surface area contributed by atoms with E-state index in [-0.39, 0.29) is 10.7 Å². The van der Waals surface area contributed by atoms with Crippen LogP contribution in [0.1, 0.15) is 26.5 Å². The summed E-state index contributed by atoms with van der Waals surface area (Å²) in [5.74, 6) is 0.678. The van der Waals surface area contributed by atoms with Crippen molar-refractivity contribution in [3.63, 3.8) is 0 Å². The minimum atomic E-state index is -0.0854. The van der Waals surface area contributed by atoms with Gasteiger partial charge in [-0.05, 0) is 11.6 Å². The topological polar surface area (TPSA) is 35.0 Å². The van der Waals surface area contributed by atoms with Crippen molar-refractivity contribution >= 4 is 11.6 Å². The van der Waals surface area contributed by atoms with Gasteiger partial charge < -0.3 is 4.74 Å². The zero-order chi connectivity index (χ0) is 10.1. The van der Waals surface area contributed by atoms with Crippen molar-refractivity contribution in [2.45, 2.75) is 26.2 Å². The predicted molar refractivity (Wildman–Crippen MR) is 52.3 cm³/mol. The highest BCUT2D eigenvalue weighted by atomic mass is 35.5. The number of hydrogen-bond donors (Lipinski definition) is 0. The van der Waals surface area contributed by atoms with E-state index in [4.69, 9.17) is 16.3 Å². The second kappa shape index (κ2) is 3.50. The summed E-state index contributed by atoms with van der Waals surface area (Å²) in [6.07, 6.45) is 1.59.